The molecule has 2 aliphatic rings. The van der Waals surface area contributed by atoms with Crippen molar-refractivity contribution in [2.45, 2.75) is 97.2 Å². The Morgan fingerprint density at radius 2 is 1.14 bits per heavy atom. The van der Waals surface area contributed by atoms with E-state index in [1.165, 1.54) is 56.5 Å². The second-order valence-corrected chi connectivity index (χ2v) is 20.6. The summed E-state index contributed by atoms with van der Waals surface area (Å²) in [4.78, 5) is 0. The SMILES string of the molecule is CC1=Cc2c(-c3ccc(C(C)(C)C)cc3)c3c(c(-c4ccc(C(C)(C)C)cc4)c2C1[Si](C)(C)Cl)CCC3. The van der Waals surface area contributed by atoms with Crippen molar-refractivity contribution < 1.29 is 0 Å². The van der Waals surface area contributed by atoms with Crippen LogP contribution in [-0.2, 0) is 23.7 Å². The summed E-state index contributed by atoms with van der Waals surface area (Å²) in [6, 6.07) is 18.8. The van der Waals surface area contributed by atoms with E-state index in [0.717, 1.165) is 12.8 Å². The zero-order valence-corrected chi connectivity index (χ0v) is 26.0. The maximum absolute atomic E-state index is 7.32. The van der Waals surface area contributed by atoms with Crippen molar-refractivity contribution >= 4 is 24.5 Å². The van der Waals surface area contributed by atoms with Crippen LogP contribution in [0.1, 0.15) is 93.8 Å². The lowest BCUT2D eigenvalue weighted by atomic mass is 9.81. The zero-order valence-electron chi connectivity index (χ0n) is 24.3. The smallest absolute Gasteiger partial charge is 0.161 e. The first-order valence-corrected chi connectivity index (χ1v) is 18.1. The molecule has 0 aliphatic heterocycles. The fourth-order valence-electron chi connectivity index (χ4n) is 6.70. The van der Waals surface area contributed by atoms with E-state index in [1.54, 1.807) is 11.1 Å². The second kappa shape index (κ2) is 8.99. The van der Waals surface area contributed by atoms with Crippen molar-refractivity contribution in [1.82, 2.24) is 0 Å². The lowest BCUT2D eigenvalue weighted by molar-refractivity contribution is 0.590. The highest BCUT2D eigenvalue weighted by molar-refractivity contribution is 7.20. The van der Waals surface area contributed by atoms with Gasteiger partial charge in [0.1, 0.15) is 0 Å². The van der Waals surface area contributed by atoms with Gasteiger partial charge < -0.3 is 0 Å². The van der Waals surface area contributed by atoms with E-state index in [2.05, 4.69) is 116 Å². The maximum atomic E-state index is 7.32. The number of fused-ring (bicyclic) bond motifs is 2. The zero-order chi connectivity index (χ0) is 26.9. The predicted octanol–water partition coefficient (Wildman–Crippen LogP) is 10.6. The fraction of sp³-hybridized carbons (Fsp3) is 0.429. The highest BCUT2D eigenvalue weighted by atomic mass is 35.6. The molecule has 0 radical (unpaired) electrons. The van der Waals surface area contributed by atoms with Gasteiger partial charge in [0.05, 0.1) is 0 Å². The molecule has 0 heterocycles. The van der Waals surface area contributed by atoms with Crippen LogP contribution in [0.5, 0.6) is 0 Å². The molecule has 2 aliphatic carbocycles. The van der Waals surface area contributed by atoms with E-state index in [-0.39, 0.29) is 10.8 Å². The molecule has 0 N–H and O–H groups in total. The molecule has 2 heteroatoms. The Hall–Kier alpha value is -2.09. The highest BCUT2D eigenvalue weighted by Crippen LogP contribution is 2.54. The number of benzene rings is 3. The number of rotatable bonds is 3. The molecule has 3 aromatic rings. The van der Waals surface area contributed by atoms with Crippen LogP contribution in [-0.4, -0.2) is 7.38 Å². The molecule has 0 bridgehead atoms. The molecule has 0 fully saturated rings. The van der Waals surface area contributed by atoms with Crippen molar-refractivity contribution in [2.24, 2.45) is 0 Å². The molecule has 37 heavy (non-hydrogen) atoms. The molecule has 0 aromatic heterocycles. The molecule has 194 valence electrons. The third-order valence-electron chi connectivity index (χ3n) is 8.53. The molecular weight excluding hydrogens is 484 g/mol. The summed E-state index contributed by atoms with van der Waals surface area (Å²) in [5.74, 6) is 0. The first-order valence-electron chi connectivity index (χ1n) is 14.0. The summed E-state index contributed by atoms with van der Waals surface area (Å²) in [7, 11) is -2.03. The Kier molecular flexibility index (Phi) is 6.44. The topological polar surface area (TPSA) is 0 Å². The van der Waals surface area contributed by atoms with Gasteiger partial charge in [-0.05, 0) is 92.7 Å². The van der Waals surface area contributed by atoms with E-state index in [1.807, 2.05) is 0 Å². The summed E-state index contributed by atoms with van der Waals surface area (Å²) in [5, 5.41) is 0. The lowest BCUT2D eigenvalue weighted by Gasteiger charge is -2.30. The van der Waals surface area contributed by atoms with Gasteiger partial charge in [-0.2, -0.15) is 11.1 Å². The standard InChI is InChI=1S/C35H43ClSi/c1-22-21-29-30(23-13-17-25(18-14-23)34(2,3)4)27-11-10-12-28(27)31(32(29)33(22)37(8,9)36)24-15-19-26(20-16-24)35(5,6)7/h13-21,33H,10-12H2,1-9H3. The van der Waals surface area contributed by atoms with Gasteiger partial charge in [0.2, 0.25) is 0 Å². The van der Waals surface area contributed by atoms with E-state index >= 15 is 0 Å². The van der Waals surface area contributed by atoms with Gasteiger partial charge in [0.15, 0.2) is 7.38 Å². The molecular formula is C35H43ClSi. The van der Waals surface area contributed by atoms with Crippen molar-refractivity contribution in [1.29, 1.82) is 0 Å². The quantitative estimate of drug-likeness (QED) is 0.235. The lowest BCUT2D eigenvalue weighted by Crippen LogP contribution is -2.29. The van der Waals surface area contributed by atoms with Gasteiger partial charge in [0, 0.05) is 5.54 Å². The minimum atomic E-state index is -2.03. The maximum Gasteiger partial charge on any atom is 0.161 e. The number of halogens is 1. The van der Waals surface area contributed by atoms with Crippen molar-refractivity contribution in [3.05, 3.63) is 87.5 Å². The van der Waals surface area contributed by atoms with E-state index in [0.29, 0.717) is 5.54 Å². The van der Waals surface area contributed by atoms with E-state index in [9.17, 15) is 0 Å². The van der Waals surface area contributed by atoms with Gasteiger partial charge >= 0.3 is 0 Å². The first-order chi connectivity index (χ1) is 17.2. The van der Waals surface area contributed by atoms with Crippen LogP contribution < -0.4 is 0 Å². The van der Waals surface area contributed by atoms with Gasteiger partial charge in [0.25, 0.3) is 0 Å². The predicted molar refractivity (Wildman–Crippen MR) is 166 cm³/mol. The molecule has 0 amide bonds. The third kappa shape index (κ3) is 4.68. The third-order valence-corrected chi connectivity index (χ3v) is 11.3. The Morgan fingerprint density at radius 3 is 1.57 bits per heavy atom. The van der Waals surface area contributed by atoms with Gasteiger partial charge in [-0.25, -0.2) is 0 Å². The molecule has 1 atom stereocenters. The summed E-state index contributed by atoms with van der Waals surface area (Å²) in [6.07, 6.45) is 6.02. The van der Waals surface area contributed by atoms with Crippen LogP contribution in [0.15, 0.2) is 54.1 Å². The molecule has 3 aromatic carbocycles. The molecule has 0 nitrogen and oxygen atoms in total. The van der Waals surface area contributed by atoms with Crippen LogP contribution in [0.25, 0.3) is 28.3 Å². The van der Waals surface area contributed by atoms with Crippen LogP contribution in [0, 0.1) is 0 Å². The van der Waals surface area contributed by atoms with Crippen LogP contribution in [0.3, 0.4) is 0 Å². The summed E-state index contributed by atoms with van der Waals surface area (Å²) >= 11 is 7.32. The fourth-order valence-corrected chi connectivity index (χ4v) is 9.69. The summed E-state index contributed by atoms with van der Waals surface area (Å²) < 4.78 is 0. The van der Waals surface area contributed by atoms with Gasteiger partial charge in [-0.1, -0.05) is 115 Å². The molecule has 5 rings (SSSR count). The summed E-state index contributed by atoms with van der Waals surface area (Å²) in [6.45, 7) is 20.7. The van der Waals surface area contributed by atoms with Gasteiger partial charge in [-0.3, -0.25) is 0 Å². The average molecular weight is 527 g/mol. The normalized spacial score (nSPS) is 17.6. The average Bonchev–Trinajstić information content (AvgIpc) is 3.40. The minimum Gasteiger partial charge on any atom is -0.167 e. The van der Waals surface area contributed by atoms with Crippen molar-refractivity contribution in [2.75, 3.05) is 0 Å². The molecule has 1 unspecified atom stereocenters. The number of hydrogen-bond acceptors (Lipinski definition) is 0. The second-order valence-electron chi connectivity index (χ2n) is 13.9. The Morgan fingerprint density at radius 1 is 0.703 bits per heavy atom. The van der Waals surface area contributed by atoms with Crippen LogP contribution in [0.2, 0.25) is 13.1 Å². The van der Waals surface area contributed by atoms with Crippen LogP contribution >= 0.6 is 11.1 Å². The number of allylic oxidation sites excluding steroid dienone is 1. The van der Waals surface area contributed by atoms with Crippen molar-refractivity contribution in [3.63, 3.8) is 0 Å². The van der Waals surface area contributed by atoms with Crippen LogP contribution in [0.4, 0.5) is 0 Å². The Balaban J connectivity index is 1.80. The minimum absolute atomic E-state index is 0.150. The number of hydrogen-bond donors (Lipinski definition) is 0. The highest BCUT2D eigenvalue weighted by Gasteiger charge is 2.42. The monoisotopic (exact) mass is 526 g/mol. The first kappa shape index (κ1) is 26.5. The molecule has 0 saturated heterocycles. The van der Waals surface area contributed by atoms with E-state index < -0.39 is 7.38 Å². The van der Waals surface area contributed by atoms with Crippen molar-refractivity contribution in [3.8, 4) is 22.3 Å². The van der Waals surface area contributed by atoms with E-state index in [4.69, 9.17) is 11.1 Å². The summed E-state index contributed by atoms with van der Waals surface area (Å²) in [5.41, 5.74) is 16.6. The largest absolute Gasteiger partial charge is 0.167 e. The Labute approximate surface area is 230 Å². The molecule has 0 spiro atoms. The molecule has 0 saturated carbocycles. The Bertz CT molecular complexity index is 1370. The van der Waals surface area contributed by atoms with Gasteiger partial charge in [-0.15, -0.1) is 0 Å².